The van der Waals surface area contributed by atoms with Crippen molar-refractivity contribution in [1.82, 2.24) is 10.2 Å². The van der Waals surface area contributed by atoms with Crippen molar-refractivity contribution in [3.63, 3.8) is 0 Å². The third-order valence-corrected chi connectivity index (χ3v) is 3.16. The zero-order chi connectivity index (χ0) is 14.4. The lowest BCUT2D eigenvalue weighted by atomic mass is 10.0. The van der Waals surface area contributed by atoms with Gasteiger partial charge in [-0.2, -0.15) is 0 Å². The number of hydrogen-bond acceptors (Lipinski definition) is 4. The van der Waals surface area contributed by atoms with E-state index < -0.39 is 6.09 Å². The number of rotatable bonds is 5. The summed E-state index contributed by atoms with van der Waals surface area (Å²) in [5, 5.41) is 2.41. The second-order valence-electron chi connectivity index (χ2n) is 5.33. The molecule has 6 nitrogen and oxygen atoms in total. The van der Waals surface area contributed by atoms with Crippen LogP contribution < -0.4 is 5.32 Å². The van der Waals surface area contributed by atoms with Gasteiger partial charge in [0.25, 0.3) is 0 Å². The Bertz CT molecular complexity index is 344. The van der Waals surface area contributed by atoms with Gasteiger partial charge >= 0.3 is 6.09 Å². The minimum absolute atomic E-state index is 0.131. The minimum Gasteiger partial charge on any atom is -0.449 e. The summed E-state index contributed by atoms with van der Waals surface area (Å²) in [5.41, 5.74) is 0. The van der Waals surface area contributed by atoms with E-state index in [2.05, 4.69) is 5.32 Å². The highest BCUT2D eigenvalue weighted by Crippen LogP contribution is 2.22. The summed E-state index contributed by atoms with van der Waals surface area (Å²) >= 11 is 0. The van der Waals surface area contributed by atoms with E-state index in [0.29, 0.717) is 13.2 Å². The Morgan fingerprint density at radius 1 is 1.47 bits per heavy atom. The Morgan fingerprint density at radius 2 is 2.16 bits per heavy atom. The van der Waals surface area contributed by atoms with E-state index in [1.807, 2.05) is 20.8 Å². The van der Waals surface area contributed by atoms with Crippen molar-refractivity contribution in [2.45, 2.75) is 33.2 Å². The number of amides is 2. The van der Waals surface area contributed by atoms with E-state index in [9.17, 15) is 14.4 Å². The summed E-state index contributed by atoms with van der Waals surface area (Å²) < 4.78 is 4.90. The Balaban J connectivity index is 2.35. The van der Waals surface area contributed by atoms with Crippen molar-refractivity contribution in [3.05, 3.63) is 0 Å². The lowest BCUT2D eigenvalue weighted by molar-refractivity contribution is -0.134. The van der Waals surface area contributed by atoms with Gasteiger partial charge in [-0.25, -0.2) is 4.79 Å². The smallest absolute Gasteiger partial charge is 0.407 e. The molecule has 0 aromatic rings. The molecule has 0 radical (unpaired) electrons. The van der Waals surface area contributed by atoms with E-state index in [0.717, 1.165) is 12.7 Å². The Hall–Kier alpha value is -1.59. The first-order valence-electron chi connectivity index (χ1n) is 6.61. The van der Waals surface area contributed by atoms with E-state index in [-0.39, 0.29) is 30.3 Å². The summed E-state index contributed by atoms with van der Waals surface area (Å²) in [6, 6.07) is -0.374. The Morgan fingerprint density at radius 3 is 2.74 bits per heavy atom. The van der Waals surface area contributed by atoms with Crippen LogP contribution in [0, 0.1) is 11.8 Å². The van der Waals surface area contributed by atoms with E-state index in [1.54, 1.807) is 0 Å². The van der Waals surface area contributed by atoms with Crippen LogP contribution in [0.4, 0.5) is 4.79 Å². The lowest BCUT2D eigenvalue weighted by Crippen LogP contribution is -2.44. The molecule has 0 aliphatic carbocycles. The quantitative estimate of drug-likeness (QED) is 0.750. The van der Waals surface area contributed by atoms with E-state index >= 15 is 0 Å². The topological polar surface area (TPSA) is 75.7 Å². The van der Waals surface area contributed by atoms with E-state index in [1.165, 1.54) is 4.90 Å². The lowest BCUT2D eigenvalue weighted by Gasteiger charge is -2.22. The van der Waals surface area contributed by atoms with Crippen molar-refractivity contribution in [2.24, 2.45) is 11.8 Å². The van der Waals surface area contributed by atoms with Crippen LogP contribution in [0.2, 0.25) is 0 Å². The highest BCUT2D eigenvalue weighted by molar-refractivity contribution is 5.85. The fraction of sp³-hybridized carbons (Fsp3) is 0.769. The van der Waals surface area contributed by atoms with Crippen LogP contribution in [0.1, 0.15) is 27.2 Å². The molecular weight excluding hydrogens is 248 g/mol. The van der Waals surface area contributed by atoms with Gasteiger partial charge in [0, 0.05) is 6.54 Å². The standard InChI is InChI=1S/C13H22N2O4/c1-9(2)8-19-13(18)14-6-12(17)15-5-4-10(3)11(15)7-16/h7,9-11H,4-6,8H2,1-3H3,(H,14,18)/t10-,11+/m0/s1. The maximum atomic E-state index is 11.9. The highest BCUT2D eigenvalue weighted by atomic mass is 16.5. The molecule has 1 N–H and O–H groups in total. The summed E-state index contributed by atoms with van der Waals surface area (Å²) in [4.78, 5) is 35.7. The number of likely N-dealkylation sites (tertiary alicyclic amines) is 1. The van der Waals surface area contributed by atoms with Crippen molar-refractivity contribution in [1.29, 1.82) is 0 Å². The van der Waals surface area contributed by atoms with E-state index in [4.69, 9.17) is 4.74 Å². The highest BCUT2D eigenvalue weighted by Gasteiger charge is 2.33. The number of alkyl carbamates (subject to hydrolysis) is 1. The molecule has 2 amide bonds. The van der Waals surface area contributed by atoms with Gasteiger partial charge in [-0.15, -0.1) is 0 Å². The van der Waals surface area contributed by atoms with Crippen molar-refractivity contribution < 1.29 is 19.1 Å². The van der Waals surface area contributed by atoms with Gasteiger partial charge in [-0.05, 0) is 18.3 Å². The van der Waals surface area contributed by atoms with Crippen molar-refractivity contribution >= 4 is 18.3 Å². The number of carbonyl (C=O) groups is 3. The first-order chi connectivity index (χ1) is 8.95. The van der Waals surface area contributed by atoms with Gasteiger partial charge in [0.05, 0.1) is 12.6 Å². The number of ether oxygens (including phenoxy) is 1. The first-order valence-corrected chi connectivity index (χ1v) is 6.61. The summed E-state index contributed by atoms with van der Waals surface area (Å²) in [6.45, 7) is 6.55. The van der Waals surface area contributed by atoms with Gasteiger partial charge in [-0.3, -0.25) is 4.79 Å². The van der Waals surface area contributed by atoms with Gasteiger partial charge in [0.2, 0.25) is 5.91 Å². The third-order valence-electron chi connectivity index (χ3n) is 3.16. The molecule has 19 heavy (non-hydrogen) atoms. The van der Waals surface area contributed by atoms with Gasteiger partial charge in [-0.1, -0.05) is 20.8 Å². The molecule has 0 saturated carbocycles. The number of aldehydes is 1. The SMILES string of the molecule is CC(C)COC(=O)NCC(=O)N1CC[C@H](C)[C@H]1C=O. The number of nitrogens with one attached hydrogen (secondary N) is 1. The number of nitrogens with zero attached hydrogens (tertiary/aromatic N) is 1. The minimum atomic E-state index is -0.600. The molecule has 0 aromatic heterocycles. The normalized spacial score (nSPS) is 22.4. The average molecular weight is 270 g/mol. The molecule has 1 rings (SSSR count). The van der Waals surface area contributed by atoms with Crippen LogP contribution >= 0.6 is 0 Å². The molecule has 0 unspecified atom stereocenters. The van der Waals surface area contributed by atoms with Crippen LogP contribution in [0.25, 0.3) is 0 Å². The maximum Gasteiger partial charge on any atom is 0.407 e. The largest absolute Gasteiger partial charge is 0.449 e. The van der Waals surface area contributed by atoms with Gasteiger partial charge in [0.1, 0.15) is 12.8 Å². The van der Waals surface area contributed by atoms with Crippen LogP contribution in [0.15, 0.2) is 0 Å². The molecule has 1 saturated heterocycles. The van der Waals surface area contributed by atoms with Crippen molar-refractivity contribution in [3.8, 4) is 0 Å². The molecule has 1 aliphatic rings. The maximum absolute atomic E-state index is 11.9. The molecule has 0 spiro atoms. The number of carbonyl (C=O) groups excluding carboxylic acids is 3. The third kappa shape index (κ3) is 4.54. The second kappa shape index (κ2) is 7.11. The van der Waals surface area contributed by atoms with Crippen LogP contribution in [0.3, 0.4) is 0 Å². The Labute approximate surface area is 113 Å². The fourth-order valence-corrected chi connectivity index (χ4v) is 2.01. The summed E-state index contributed by atoms with van der Waals surface area (Å²) in [5.74, 6) is 0.178. The van der Waals surface area contributed by atoms with Gasteiger partial charge in [0.15, 0.2) is 0 Å². The summed E-state index contributed by atoms with van der Waals surface area (Å²) in [6.07, 6.45) is 1.01. The predicted octanol–water partition coefficient (Wildman–Crippen LogP) is 0.804. The second-order valence-corrected chi connectivity index (χ2v) is 5.33. The summed E-state index contributed by atoms with van der Waals surface area (Å²) in [7, 11) is 0. The first kappa shape index (κ1) is 15.5. The molecule has 1 heterocycles. The molecule has 108 valence electrons. The molecular formula is C13H22N2O4. The molecule has 0 bridgehead atoms. The molecule has 6 heteroatoms. The average Bonchev–Trinajstić information content (AvgIpc) is 2.74. The predicted molar refractivity (Wildman–Crippen MR) is 69.5 cm³/mol. The Kier molecular flexibility index (Phi) is 5.79. The van der Waals surface area contributed by atoms with Crippen LogP contribution in [-0.2, 0) is 14.3 Å². The molecule has 1 fully saturated rings. The zero-order valence-electron chi connectivity index (χ0n) is 11.7. The fourth-order valence-electron chi connectivity index (χ4n) is 2.01. The van der Waals surface area contributed by atoms with Crippen molar-refractivity contribution in [2.75, 3.05) is 19.7 Å². The van der Waals surface area contributed by atoms with Gasteiger partial charge < -0.3 is 19.7 Å². The monoisotopic (exact) mass is 270 g/mol. The zero-order valence-corrected chi connectivity index (χ0v) is 11.7. The number of hydrogen-bond donors (Lipinski definition) is 1. The molecule has 1 aliphatic heterocycles. The molecule has 2 atom stereocenters. The van der Waals surface area contributed by atoms with Crippen LogP contribution in [0.5, 0.6) is 0 Å². The molecule has 0 aromatic carbocycles. The van der Waals surface area contributed by atoms with Crippen LogP contribution in [-0.4, -0.2) is 48.9 Å².